The third-order valence-corrected chi connectivity index (χ3v) is 4.52. The van der Waals surface area contributed by atoms with Crippen molar-refractivity contribution in [2.24, 2.45) is 0 Å². The van der Waals surface area contributed by atoms with Gasteiger partial charge in [0.15, 0.2) is 11.5 Å². The predicted molar refractivity (Wildman–Crippen MR) is 126 cm³/mol. The Kier molecular flexibility index (Phi) is 15.2. The van der Waals surface area contributed by atoms with E-state index in [1.165, 1.54) is 22.3 Å². The predicted octanol–water partition coefficient (Wildman–Crippen LogP) is 3.90. The molecule has 0 radical (unpaired) electrons. The molecule has 1 aliphatic carbocycles. The van der Waals surface area contributed by atoms with Gasteiger partial charge in [-0.05, 0) is 63.3 Å². The van der Waals surface area contributed by atoms with Crippen molar-refractivity contribution in [3.8, 4) is 22.6 Å². The summed E-state index contributed by atoms with van der Waals surface area (Å²) in [6, 6.07) is 12.8. The van der Waals surface area contributed by atoms with E-state index in [1.54, 1.807) is 13.8 Å². The Morgan fingerprint density at radius 1 is 0.824 bits per heavy atom. The van der Waals surface area contributed by atoms with Crippen LogP contribution in [0, 0.1) is 0 Å². The van der Waals surface area contributed by atoms with Crippen LogP contribution in [0.1, 0.15) is 78.4 Å². The van der Waals surface area contributed by atoms with Gasteiger partial charge in [-0.15, -0.1) is 0 Å². The summed E-state index contributed by atoms with van der Waals surface area (Å²) in [5, 5.41) is 19.0. The standard InChI is InChI=1S/C19H22O2.2C4H8O2.Ti/c1-12(2)20-18-10-9-16-15-8-6-5-7-14(15)11-17(16)19(18)21-13(3)4;2*1-2-3-4(5)6;/h5-10,12-13H,11H2,1-4H3;2*2-3H2,1H3,(H,5,6);/q;;;+2/p-2. The van der Waals surface area contributed by atoms with E-state index < -0.39 is 11.9 Å². The van der Waals surface area contributed by atoms with Gasteiger partial charge in [0.25, 0.3) is 0 Å². The second-order valence-corrected chi connectivity index (χ2v) is 8.33. The van der Waals surface area contributed by atoms with Crippen LogP contribution in [0.4, 0.5) is 0 Å². The average molecular weight is 504 g/mol. The first-order valence-electron chi connectivity index (χ1n) is 11.6. The summed E-state index contributed by atoms with van der Waals surface area (Å²) in [5.74, 6) is -0.160. The molecule has 3 rings (SSSR count). The molecule has 7 heteroatoms. The Hall–Kier alpha value is -2.31. The van der Waals surface area contributed by atoms with E-state index >= 15 is 0 Å². The summed E-state index contributed by atoms with van der Waals surface area (Å²) in [5.41, 5.74) is 5.21. The second kappa shape index (κ2) is 16.3. The maximum Gasteiger partial charge on any atom is 2.00 e. The molecule has 0 bridgehead atoms. The third-order valence-electron chi connectivity index (χ3n) is 4.52. The molecule has 0 amide bonds. The van der Waals surface area contributed by atoms with Crippen LogP contribution in [0.2, 0.25) is 0 Å². The van der Waals surface area contributed by atoms with Crippen LogP contribution in [-0.4, -0.2) is 24.1 Å². The normalized spacial score (nSPS) is 10.6. The quantitative estimate of drug-likeness (QED) is 0.432. The minimum Gasteiger partial charge on any atom is -0.550 e. The largest absolute Gasteiger partial charge is 2.00 e. The molecule has 2 aromatic rings. The minimum atomic E-state index is -0.961. The molecule has 0 fully saturated rings. The summed E-state index contributed by atoms with van der Waals surface area (Å²) in [6.45, 7) is 11.8. The van der Waals surface area contributed by atoms with Crippen molar-refractivity contribution in [3.63, 3.8) is 0 Å². The summed E-state index contributed by atoms with van der Waals surface area (Å²) in [7, 11) is 0. The Morgan fingerprint density at radius 3 is 1.79 bits per heavy atom. The first kappa shape index (κ1) is 31.7. The van der Waals surface area contributed by atoms with Crippen LogP contribution in [0.25, 0.3) is 11.1 Å². The van der Waals surface area contributed by atoms with Crippen molar-refractivity contribution < 1.29 is 51.0 Å². The number of hydrogen-bond donors (Lipinski definition) is 0. The molecule has 0 N–H and O–H groups in total. The molecular formula is C27H36O6Ti. The molecule has 6 nitrogen and oxygen atoms in total. The number of carboxylic acids is 2. The van der Waals surface area contributed by atoms with Crippen molar-refractivity contribution in [2.45, 2.75) is 85.9 Å². The zero-order chi connectivity index (χ0) is 25.0. The van der Waals surface area contributed by atoms with Gasteiger partial charge in [-0.25, -0.2) is 0 Å². The van der Waals surface area contributed by atoms with E-state index in [9.17, 15) is 19.8 Å². The first-order valence-corrected chi connectivity index (χ1v) is 11.6. The zero-order valence-electron chi connectivity index (χ0n) is 21.1. The molecule has 2 aromatic carbocycles. The van der Waals surface area contributed by atoms with Crippen LogP contribution in [-0.2, 0) is 37.7 Å². The van der Waals surface area contributed by atoms with Gasteiger partial charge in [0.05, 0.1) is 12.2 Å². The van der Waals surface area contributed by atoms with Gasteiger partial charge in [0, 0.05) is 23.9 Å². The number of carbonyl (C=O) groups is 2. The molecule has 0 spiro atoms. The zero-order valence-corrected chi connectivity index (χ0v) is 22.7. The Morgan fingerprint density at radius 2 is 1.35 bits per heavy atom. The molecule has 0 heterocycles. The van der Waals surface area contributed by atoms with E-state index in [-0.39, 0.29) is 46.8 Å². The van der Waals surface area contributed by atoms with Crippen LogP contribution in [0.3, 0.4) is 0 Å². The molecule has 184 valence electrons. The van der Waals surface area contributed by atoms with E-state index in [4.69, 9.17) is 9.47 Å². The SMILES string of the molecule is CC(C)Oc1ccc2c(c1OC(C)C)Cc1ccccc1-2.CCCC(=O)[O-].CCCC(=O)[O-].[Ti+2]. The Bertz CT molecular complexity index is 892. The summed E-state index contributed by atoms with van der Waals surface area (Å²) < 4.78 is 12.0. The van der Waals surface area contributed by atoms with Crippen LogP contribution in [0.15, 0.2) is 36.4 Å². The van der Waals surface area contributed by atoms with Crippen molar-refractivity contribution in [2.75, 3.05) is 0 Å². The monoisotopic (exact) mass is 504 g/mol. The molecule has 0 atom stereocenters. The van der Waals surface area contributed by atoms with Gasteiger partial charge in [-0.1, -0.05) is 57.0 Å². The minimum absolute atomic E-state index is 0. The molecular weight excluding hydrogens is 468 g/mol. The number of ether oxygens (including phenoxy) is 2. The smallest absolute Gasteiger partial charge is 0.550 e. The van der Waals surface area contributed by atoms with Crippen LogP contribution < -0.4 is 19.7 Å². The second-order valence-electron chi connectivity index (χ2n) is 8.33. The van der Waals surface area contributed by atoms with Gasteiger partial charge in [0.2, 0.25) is 0 Å². The van der Waals surface area contributed by atoms with Gasteiger partial charge < -0.3 is 29.3 Å². The number of benzene rings is 2. The fourth-order valence-electron chi connectivity index (χ4n) is 3.28. The number of fused-ring (bicyclic) bond motifs is 3. The van der Waals surface area contributed by atoms with Gasteiger partial charge in [0.1, 0.15) is 0 Å². The maximum absolute atomic E-state index is 9.49. The number of rotatable bonds is 8. The van der Waals surface area contributed by atoms with Gasteiger partial charge >= 0.3 is 21.7 Å². The van der Waals surface area contributed by atoms with Crippen LogP contribution in [0.5, 0.6) is 11.5 Å². The number of carbonyl (C=O) groups excluding carboxylic acids is 2. The fraction of sp³-hybridized carbons (Fsp3) is 0.481. The number of hydrogen-bond acceptors (Lipinski definition) is 6. The summed E-state index contributed by atoms with van der Waals surface area (Å²) >= 11 is 0. The maximum atomic E-state index is 9.49. The van der Waals surface area contributed by atoms with Crippen LogP contribution >= 0.6 is 0 Å². The molecule has 34 heavy (non-hydrogen) atoms. The molecule has 0 aromatic heterocycles. The van der Waals surface area contributed by atoms with E-state index in [0.717, 1.165) is 17.9 Å². The van der Waals surface area contributed by atoms with E-state index in [1.807, 2.05) is 19.9 Å². The fourth-order valence-corrected chi connectivity index (χ4v) is 3.28. The van der Waals surface area contributed by atoms with Gasteiger partial charge in [-0.2, -0.15) is 0 Å². The topological polar surface area (TPSA) is 98.7 Å². The molecule has 1 aliphatic rings. The first-order chi connectivity index (χ1) is 15.6. The van der Waals surface area contributed by atoms with Crippen molar-refractivity contribution in [3.05, 3.63) is 47.5 Å². The molecule has 0 aliphatic heterocycles. The third kappa shape index (κ3) is 10.7. The molecule has 0 saturated heterocycles. The van der Waals surface area contributed by atoms with E-state index in [0.29, 0.717) is 12.8 Å². The Balaban J connectivity index is 0.000000702. The molecule has 0 unspecified atom stereocenters. The molecule has 0 saturated carbocycles. The van der Waals surface area contributed by atoms with Crippen molar-refractivity contribution in [1.82, 2.24) is 0 Å². The van der Waals surface area contributed by atoms with Crippen molar-refractivity contribution in [1.29, 1.82) is 0 Å². The number of aliphatic carboxylic acids is 2. The van der Waals surface area contributed by atoms with Crippen molar-refractivity contribution >= 4 is 11.9 Å². The Labute approximate surface area is 218 Å². The summed E-state index contributed by atoms with van der Waals surface area (Å²) in [6.07, 6.45) is 2.89. The van der Waals surface area contributed by atoms with E-state index in [2.05, 4.69) is 44.2 Å². The average Bonchev–Trinajstić information content (AvgIpc) is 3.09. The van der Waals surface area contributed by atoms with Gasteiger partial charge in [-0.3, -0.25) is 0 Å². The summed E-state index contributed by atoms with van der Waals surface area (Å²) in [4.78, 5) is 19.0. The number of carboxylic acid groups (broad SMARTS) is 2.